The number of ether oxygens (including phenoxy) is 1. The number of nitrogens with zero attached hydrogens (tertiary/aromatic N) is 1. The van der Waals surface area contributed by atoms with Gasteiger partial charge in [-0.1, -0.05) is 18.2 Å². The summed E-state index contributed by atoms with van der Waals surface area (Å²) < 4.78 is 19.0. The highest BCUT2D eigenvalue weighted by Crippen LogP contribution is 2.23. The van der Waals surface area contributed by atoms with E-state index in [-0.39, 0.29) is 5.82 Å². The molecule has 0 saturated heterocycles. The lowest BCUT2D eigenvalue weighted by atomic mass is 10.0. The fourth-order valence-electron chi connectivity index (χ4n) is 1.76. The fourth-order valence-corrected chi connectivity index (χ4v) is 1.76. The van der Waals surface area contributed by atoms with Gasteiger partial charge in [-0.05, 0) is 24.6 Å². The van der Waals surface area contributed by atoms with Gasteiger partial charge in [0.2, 0.25) is 0 Å². The average molecular weight is 246 g/mol. The van der Waals surface area contributed by atoms with Gasteiger partial charge in [0, 0.05) is 11.8 Å². The third kappa shape index (κ3) is 2.65. The molecular weight excluding hydrogens is 231 g/mol. The van der Waals surface area contributed by atoms with Crippen molar-refractivity contribution in [2.45, 2.75) is 13.0 Å². The highest BCUT2D eigenvalue weighted by atomic mass is 19.1. The van der Waals surface area contributed by atoms with Crippen molar-refractivity contribution in [3.8, 4) is 5.75 Å². The Morgan fingerprint density at radius 1 is 1.33 bits per heavy atom. The van der Waals surface area contributed by atoms with Crippen LogP contribution in [0, 0.1) is 5.82 Å². The molecule has 0 saturated carbocycles. The number of hydrogen-bond donors (Lipinski definition) is 1. The lowest BCUT2D eigenvalue weighted by molar-refractivity contribution is 0.338. The van der Waals surface area contributed by atoms with Crippen LogP contribution in [-0.2, 0) is 0 Å². The molecule has 0 bridgehead atoms. The van der Waals surface area contributed by atoms with Crippen molar-refractivity contribution in [2.75, 3.05) is 6.61 Å². The first-order valence-corrected chi connectivity index (χ1v) is 5.80. The normalized spacial score (nSPS) is 12.2. The zero-order valence-electron chi connectivity index (χ0n) is 10.1. The van der Waals surface area contributed by atoms with E-state index < -0.39 is 6.04 Å². The second-order valence-corrected chi connectivity index (χ2v) is 3.89. The summed E-state index contributed by atoms with van der Waals surface area (Å²) in [4.78, 5) is 4.05. The van der Waals surface area contributed by atoms with Gasteiger partial charge in [-0.2, -0.15) is 0 Å². The second-order valence-electron chi connectivity index (χ2n) is 3.89. The van der Waals surface area contributed by atoms with Gasteiger partial charge in [-0.15, -0.1) is 0 Å². The summed E-state index contributed by atoms with van der Waals surface area (Å²) >= 11 is 0. The molecule has 1 heterocycles. The van der Waals surface area contributed by atoms with Gasteiger partial charge in [0.15, 0.2) is 0 Å². The first kappa shape index (κ1) is 12.5. The molecule has 0 amide bonds. The van der Waals surface area contributed by atoms with Crippen LogP contribution in [0.1, 0.15) is 24.1 Å². The Morgan fingerprint density at radius 2 is 2.11 bits per heavy atom. The lowest BCUT2D eigenvalue weighted by Gasteiger charge is -2.14. The summed E-state index contributed by atoms with van der Waals surface area (Å²) in [5.74, 6) is 0.327. The van der Waals surface area contributed by atoms with Crippen molar-refractivity contribution in [1.82, 2.24) is 4.98 Å². The average Bonchev–Trinajstić information content (AvgIpc) is 2.39. The molecule has 3 nitrogen and oxygen atoms in total. The predicted octanol–water partition coefficient (Wildman–Crippen LogP) is 2.67. The number of hydrogen-bond acceptors (Lipinski definition) is 3. The first-order chi connectivity index (χ1) is 8.72. The summed E-state index contributed by atoms with van der Waals surface area (Å²) in [6.45, 7) is 2.45. The van der Waals surface area contributed by atoms with Gasteiger partial charge < -0.3 is 10.5 Å². The van der Waals surface area contributed by atoms with Gasteiger partial charge in [0.25, 0.3) is 0 Å². The molecule has 0 spiro atoms. The molecule has 2 N–H and O–H groups in total. The molecule has 0 aliphatic heterocycles. The molecule has 2 aromatic rings. The van der Waals surface area contributed by atoms with E-state index in [0.29, 0.717) is 17.9 Å². The second kappa shape index (κ2) is 5.60. The van der Waals surface area contributed by atoms with E-state index in [2.05, 4.69) is 4.98 Å². The Balaban J connectivity index is 2.31. The smallest absolute Gasteiger partial charge is 0.137 e. The van der Waals surface area contributed by atoms with Crippen LogP contribution in [-0.4, -0.2) is 11.6 Å². The minimum absolute atomic E-state index is 0.313. The standard InChI is InChI=1S/C14H15FN2O/c1-2-18-11-7-10(8-17-9-11)14(16)12-5-3-4-6-13(12)15/h3-9,14H,2,16H2,1H3. The molecule has 1 unspecified atom stereocenters. The van der Waals surface area contributed by atoms with Crippen molar-refractivity contribution in [1.29, 1.82) is 0 Å². The topological polar surface area (TPSA) is 48.1 Å². The van der Waals surface area contributed by atoms with E-state index in [9.17, 15) is 4.39 Å². The molecule has 0 aliphatic carbocycles. The van der Waals surface area contributed by atoms with Crippen LogP contribution in [0.2, 0.25) is 0 Å². The van der Waals surface area contributed by atoms with Crippen LogP contribution >= 0.6 is 0 Å². The van der Waals surface area contributed by atoms with E-state index in [0.717, 1.165) is 5.56 Å². The molecule has 0 fully saturated rings. The molecule has 0 aliphatic rings. The molecular formula is C14H15FN2O. The highest BCUT2D eigenvalue weighted by Gasteiger charge is 2.13. The fraction of sp³-hybridized carbons (Fsp3) is 0.214. The zero-order valence-corrected chi connectivity index (χ0v) is 10.1. The Morgan fingerprint density at radius 3 is 2.83 bits per heavy atom. The van der Waals surface area contributed by atoms with Crippen LogP contribution in [0.4, 0.5) is 4.39 Å². The number of halogens is 1. The summed E-state index contributed by atoms with van der Waals surface area (Å²) in [5.41, 5.74) is 7.23. The SMILES string of the molecule is CCOc1cncc(C(N)c2ccccc2F)c1. The summed E-state index contributed by atoms with van der Waals surface area (Å²) in [7, 11) is 0. The number of rotatable bonds is 4. The predicted molar refractivity (Wildman–Crippen MR) is 67.8 cm³/mol. The van der Waals surface area contributed by atoms with Crippen LogP contribution in [0.5, 0.6) is 5.75 Å². The van der Waals surface area contributed by atoms with Crippen molar-refractivity contribution in [2.24, 2.45) is 5.73 Å². The largest absolute Gasteiger partial charge is 0.492 e. The highest BCUT2D eigenvalue weighted by molar-refractivity contribution is 5.34. The third-order valence-electron chi connectivity index (χ3n) is 2.64. The molecule has 1 atom stereocenters. The number of nitrogens with two attached hydrogens (primary N) is 1. The van der Waals surface area contributed by atoms with E-state index in [1.807, 2.05) is 6.92 Å². The maximum Gasteiger partial charge on any atom is 0.137 e. The van der Waals surface area contributed by atoms with Gasteiger partial charge in [0.05, 0.1) is 18.8 Å². The van der Waals surface area contributed by atoms with E-state index in [4.69, 9.17) is 10.5 Å². The summed E-state index contributed by atoms with van der Waals surface area (Å²) in [6, 6.07) is 7.72. The van der Waals surface area contributed by atoms with E-state index in [1.165, 1.54) is 6.07 Å². The van der Waals surface area contributed by atoms with Crippen LogP contribution < -0.4 is 10.5 Å². The van der Waals surface area contributed by atoms with Crippen molar-refractivity contribution in [3.63, 3.8) is 0 Å². The molecule has 0 radical (unpaired) electrons. The summed E-state index contributed by atoms with van der Waals surface area (Å²) in [6.07, 6.45) is 3.24. The molecule has 4 heteroatoms. The molecule has 2 rings (SSSR count). The zero-order chi connectivity index (χ0) is 13.0. The lowest BCUT2D eigenvalue weighted by Crippen LogP contribution is -2.14. The van der Waals surface area contributed by atoms with Crippen LogP contribution in [0.15, 0.2) is 42.7 Å². The quantitative estimate of drug-likeness (QED) is 0.902. The van der Waals surface area contributed by atoms with Crippen molar-refractivity contribution >= 4 is 0 Å². The van der Waals surface area contributed by atoms with Gasteiger partial charge in [-0.25, -0.2) is 4.39 Å². The minimum atomic E-state index is -0.542. The van der Waals surface area contributed by atoms with Gasteiger partial charge in [0.1, 0.15) is 11.6 Å². The first-order valence-electron chi connectivity index (χ1n) is 5.80. The maximum atomic E-state index is 13.6. The van der Waals surface area contributed by atoms with Crippen LogP contribution in [0.3, 0.4) is 0 Å². The Hall–Kier alpha value is -1.94. The summed E-state index contributed by atoms with van der Waals surface area (Å²) in [5, 5.41) is 0. The molecule has 18 heavy (non-hydrogen) atoms. The number of benzene rings is 1. The van der Waals surface area contributed by atoms with Gasteiger partial charge in [-0.3, -0.25) is 4.98 Å². The number of aromatic nitrogens is 1. The van der Waals surface area contributed by atoms with Crippen LogP contribution in [0.25, 0.3) is 0 Å². The Labute approximate surface area is 105 Å². The maximum absolute atomic E-state index is 13.6. The van der Waals surface area contributed by atoms with Crippen molar-refractivity contribution < 1.29 is 9.13 Å². The number of pyridine rings is 1. The van der Waals surface area contributed by atoms with Crippen molar-refractivity contribution in [3.05, 3.63) is 59.7 Å². The van der Waals surface area contributed by atoms with Gasteiger partial charge >= 0.3 is 0 Å². The molecule has 94 valence electrons. The molecule has 1 aromatic carbocycles. The minimum Gasteiger partial charge on any atom is -0.492 e. The Kier molecular flexibility index (Phi) is 3.89. The third-order valence-corrected chi connectivity index (χ3v) is 2.64. The molecule has 1 aromatic heterocycles. The monoisotopic (exact) mass is 246 g/mol. The van der Waals surface area contributed by atoms with E-state index >= 15 is 0 Å². The van der Waals surface area contributed by atoms with E-state index in [1.54, 1.807) is 36.7 Å². The Bertz CT molecular complexity index is 531.